The van der Waals surface area contributed by atoms with Crippen molar-refractivity contribution < 1.29 is 9.47 Å². The van der Waals surface area contributed by atoms with E-state index in [0.717, 1.165) is 51.9 Å². The first-order valence-electron chi connectivity index (χ1n) is 10.4. The van der Waals surface area contributed by atoms with Crippen LogP contribution >= 0.6 is 11.6 Å². The minimum Gasteiger partial charge on any atom is -0.489 e. The van der Waals surface area contributed by atoms with Crippen LogP contribution in [0.2, 0.25) is 5.02 Å². The molecule has 2 saturated heterocycles. The highest BCUT2D eigenvalue weighted by atomic mass is 35.5. The maximum Gasteiger partial charge on any atom is 0.232 e. The van der Waals surface area contributed by atoms with E-state index >= 15 is 0 Å². The minimum atomic E-state index is 0.121. The standard InChI is InChI=1S/C20H28ClN7O2/c1-22-18-24-19(26-20(25-18)28-7-3-4-16(13-28)29-2)27-8-5-15(6-9-27)30-17-10-14(21)11-23-12-17/h10-12,15-16H,3-9,13H2,1-2H3,(H,22,24,25,26). The van der Waals surface area contributed by atoms with Crippen molar-refractivity contribution in [3.63, 3.8) is 0 Å². The Balaban J connectivity index is 1.42. The van der Waals surface area contributed by atoms with E-state index in [-0.39, 0.29) is 12.2 Å². The molecule has 2 aromatic heterocycles. The summed E-state index contributed by atoms with van der Waals surface area (Å²) < 4.78 is 11.6. The molecule has 2 fully saturated rings. The Morgan fingerprint density at radius 3 is 2.47 bits per heavy atom. The second-order valence-electron chi connectivity index (χ2n) is 7.60. The number of methoxy groups -OCH3 is 1. The van der Waals surface area contributed by atoms with Crippen molar-refractivity contribution in [2.24, 2.45) is 0 Å². The molecule has 10 heteroatoms. The van der Waals surface area contributed by atoms with Crippen LogP contribution in [-0.2, 0) is 4.74 Å². The lowest BCUT2D eigenvalue weighted by Gasteiger charge is -2.34. The number of pyridine rings is 1. The Morgan fingerprint density at radius 1 is 1.00 bits per heavy atom. The minimum absolute atomic E-state index is 0.121. The molecule has 1 unspecified atom stereocenters. The van der Waals surface area contributed by atoms with E-state index in [1.54, 1.807) is 25.6 Å². The molecule has 30 heavy (non-hydrogen) atoms. The van der Waals surface area contributed by atoms with Crippen molar-refractivity contribution in [3.05, 3.63) is 23.5 Å². The third-order valence-electron chi connectivity index (χ3n) is 5.54. The second kappa shape index (κ2) is 9.61. The molecule has 0 bridgehead atoms. The van der Waals surface area contributed by atoms with Gasteiger partial charge in [0, 0.05) is 65.4 Å². The summed E-state index contributed by atoms with van der Waals surface area (Å²) >= 11 is 6.00. The van der Waals surface area contributed by atoms with Gasteiger partial charge in [0.2, 0.25) is 17.8 Å². The zero-order chi connectivity index (χ0) is 20.9. The molecular formula is C20H28ClN7O2. The van der Waals surface area contributed by atoms with E-state index in [1.165, 1.54) is 0 Å². The Labute approximate surface area is 181 Å². The van der Waals surface area contributed by atoms with Crippen molar-refractivity contribution >= 4 is 29.4 Å². The van der Waals surface area contributed by atoms with Gasteiger partial charge in [-0.1, -0.05) is 11.6 Å². The summed E-state index contributed by atoms with van der Waals surface area (Å²) in [6.45, 7) is 3.35. The van der Waals surface area contributed by atoms with Gasteiger partial charge in [-0.2, -0.15) is 15.0 Å². The van der Waals surface area contributed by atoms with E-state index in [9.17, 15) is 0 Å². The smallest absolute Gasteiger partial charge is 0.232 e. The van der Waals surface area contributed by atoms with Crippen LogP contribution < -0.4 is 19.9 Å². The topological polar surface area (TPSA) is 88.5 Å². The van der Waals surface area contributed by atoms with E-state index < -0.39 is 0 Å². The molecule has 0 spiro atoms. The predicted molar refractivity (Wildman–Crippen MR) is 117 cm³/mol. The third-order valence-corrected chi connectivity index (χ3v) is 5.74. The molecule has 9 nitrogen and oxygen atoms in total. The summed E-state index contributed by atoms with van der Waals surface area (Å²) in [7, 11) is 3.59. The van der Waals surface area contributed by atoms with E-state index in [2.05, 4.69) is 30.1 Å². The van der Waals surface area contributed by atoms with Gasteiger partial charge >= 0.3 is 0 Å². The Hall–Kier alpha value is -2.39. The third kappa shape index (κ3) is 5.02. The van der Waals surface area contributed by atoms with Crippen molar-refractivity contribution in [2.45, 2.75) is 37.9 Å². The number of ether oxygens (including phenoxy) is 2. The van der Waals surface area contributed by atoms with Gasteiger partial charge in [-0.05, 0) is 12.8 Å². The monoisotopic (exact) mass is 433 g/mol. The molecule has 4 rings (SSSR count). The number of nitrogens with zero attached hydrogens (tertiary/aromatic N) is 6. The number of rotatable bonds is 6. The van der Waals surface area contributed by atoms with Crippen LogP contribution in [0.1, 0.15) is 25.7 Å². The molecule has 1 N–H and O–H groups in total. The molecular weight excluding hydrogens is 406 g/mol. The van der Waals surface area contributed by atoms with E-state index in [4.69, 9.17) is 26.1 Å². The normalized spacial score (nSPS) is 20.3. The summed E-state index contributed by atoms with van der Waals surface area (Å²) in [4.78, 5) is 22.4. The molecule has 4 heterocycles. The number of nitrogens with one attached hydrogen (secondary N) is 1. The summed E-state index contributed by atoms with van der Waals surface area (Å²) in [6, 6.07) is 1.80. The Kier molecular flexibility index (Phi) is 6.69. The largest absolute Gasteiger partial charge is 0.489 e. The zero-order valence-corrected chi connectivity index (χ0v) is 18.2. The van der Waals surface area contributed by atoms with Crippen LogP contribution in [0.3, 0.4) is 0 Å². The fraction of sp³-hybridized carbons (Fsp3) is 0.600. The Bertz CT molecular complexity index is 848. The SMILES string of the molecule is CNc1nc(N2CCC(Oc3cncc(Cl)c3)CC2)nc(N2CCCC(OC)C2)n1. The van der Waals surface area contributed by atoms with Crippen molar-refractivity contribution in [1.29, 1.82) is 0 Å². The maximum atomic E-state index is 6.05. The fourth-order valence-corrected chi connectivity index (χ4v) is 4.05. The fourth-order valence-electron chi connectivity index (χ4n) is 3.88. The predicted octanol–water partition coefficient (Wildman–Crippen LogP) is 2.62. The highest BCUT2D eigenvalue weighted by Gasteiger charge is 2.26. The second-order valence-corrected chi connectivity index (χ2v) is 8.03. The molecule has 0 aromatic carbocycles. The first kappa shape index (κ1) is 20.9. The number of piperidine rings is 2. The highest BCUT2D eigenvalue weighted by molar-refractivity contribution is 6.30. The number of aromatic nitrogens is 4. The van der Waals surface area contributed by atoms with Crippen LogP contribution in [0.25, 0.3) is 0 Å². The van der Waals surface area contributed by atoms with Gasteiger partial charge in [-0.15, -0.1) is 0 Å². The van der Waals surface area contributed by atoms with Crippen molar-refractivity contribution in [3.8, 4) is 5.75 Å². The number of hydrogen-bond donors (Lipinski definition) is 1. The lowest BCUT2D eigenvalue weighted by molar-refractivity contribution is 0.0889. The van der Waals surface area contributed by atoms with Gasteiger partial charge in [0.25, 0.3) is 0 Å². The molecule has 2 aliphatic rings. The van der Waals surface area contributed by atoms with Gasteiger partial charge in [0.05, 0.1) is 17.3 Å². The first-order chi connectivity index (χ1) is 14.6. The number of anilines is 3. The lowest BCUT2D eigenvalue weighted by atomic mass is 10.1. The van der Waals surface area contributed by atoms with Gasteiger partial charge < -0.3 is 24.6 Å². The molecule has 0 aliphatic carbocycles. The molecule has 0 saturated carbocycles. The summed E-state index contributed by atoms with van der Waals surface area (Å²) in [5.74, 6) is 2.69. The average Bonchev–Trinajstić information content (AvgIpc) is 2.79. The zero-order valence-electron chi connectivity index (χ0n) is 17.4. The van der Waals surface area contributed by atoms with Crippen LogP contribution in [0.15, 0.2) is 18.5 Å². The van der Waals surface area contributed by atoms with Gasteiger partial charge in [-0.25, -0.2) is 0 Å². The van der Waals surface area contributed by atoms with E-state index in [0.29, 0.717) is 28.6 Å². The molecule has 2 aliphatic heterocycles. The Morgan fingerprint density at radius 2 is 1.77 bits per heavy atom. The number of halogens is 1. The number of hydrogen-bond acceptors (Lipinski definition) is 9. The quantitative estimate of drug-likeness (QED) is 0.738. The van der Waals surface area contributed by atoms with Crippen LogP contribution in [0.5, 0.6) is 5.75 Å². The molecule has 1 atom stereocenters. The van der Waals surface area contributed by atoms with Crippen LogP contribution in [0.4, 0.5) is 17.8 Å². The molecule has 162 valence electrons. The van der Waals surface area contributed by atoms with Crippen molar-refractivity contribution in [1.82, 2.24) is 19.9 Å². The van der Waals surface area contributed by atoms with E-state index in [1.807, 2.05) is 7.05 Å². The highest BCUT2D eigenvalue weighted by Crippen LogP contribution is 2.25. The molecule has 2 aromatic rings. The average molecular weight is 434 g/mol. The first-order valence-corrected chi connectivity index (χ1v) is 10.8. The summed E-state index contributed by atoms with van der Waals surface area (Å²) in [5.41, 5.74) is 0. The van der Waals surface area contributed by atoms with Crippen LogP contribution in [0, 0.1) is 0 Å². The molecule has 0 amide bonds. The van der Waals surface area contributed by atoms with Crippen LogP contribution in [-0.4, -0.2) is 72.5 Å². The summed E-state index contributed by atoms with van der Waals surface area (Å²) in [6.07, 6.45) is 7.51. The van der Waals surface area contributed by atoms with Gasteiger partial charge in [-0.3, -0.25) is 4.98 Å². The summed E-state index contributed by atoms with van der Waals surface area (Å²) in [5, 5.41) is 3.65. The van der Waals surface area contributed by atoms with Crippen molar-refractivity contribution in [2.75, 3.05) is 55.5 Å². The van der Waals surface area contributed by atoms with Gasteiger partial charge in [0.15, 0.2) is 0 Å². The molecule has 0 radical (unpaired) electrons. The maximum absolute atomic E-state index is 6.05. The van der Waals surface area contributed by atoms with Gasteiger partial charge in [0.1, 0.15) is 11.9 Å². The lowest BCUT2D eigenvalue weighted by Crippen LogP contribution is -2.42.